The minimum Gasteiger partial charge on any atom is -0.410 e. The van der Waals surface area contributed by atoms with E-state index < -0.39 is 11.7 Å². The molecule has 3 aromatic rings. The van der Waals surface area contributed by atoms with Crippen LogP contribution in [0.5, 0.6) is 0 Å². The van der Waals surface area contributed by atoms with Gasteiger partial charge in [-0.3, -0.25) is 9.78 Å². The third-order valence-electron chi connectivity index (χ3n) is 3.14. The number of carbonyl (C=O) groups is 1. The number of aromatic nitrogens is 3. The molecule has 2 aromatic heterocycles. The Kier molecular flexibility index (Phi) is 4.84. The summed E-state index contributed by atoms with van der Waals surface area (Å²) in [5, 5.41) is 7.64. The first kappa shape index (κ1) is 17.2. The minimum absolute atomic E-state index is 0.0108. The fourth-order valence-electron chi connectivity index (χ4n) is 1.89. The van der Waals surface area contributed by atoms with Gasteiger partial charge in [0.25, 0.3) is 11.1 Å². The number of nitrogens with zero attached hydrogens (tertiary/aromatic N) is 3. The Balaban J connectivity index is 1.65. The van der Waals surface area contributed by atoms with E-state index in [0.29, 0.717) is 11.8 Å². The van der Waals surface area contributed by atoms with Crippen LogP contribution in [0, 0.1) is 0 Å². The van der Waals surface area contributed by atoms with Crippen molar-refractivity contribution < 1.29 is 22.4 Å². The second kappa shape index (κ2) is 7.06. The summed E-state index contributed by atoms with van der Waals surface area (Å²) in [6.45, 7) is 0. The average molecular weight is 365 g/mol. The van der Waals surface area contributed by atoms with Gasteiger partial charge in [-0.15, -0.1) is 10.2 Å². The van der Waals surface area contributed by atoms with Crippen LogP contribution >= 0.6 is 11.8 Å². The Labute approximate surface area is 144 Å². The molecule has 0 amide bonds. The number of benzene rings is 1. The SMILES string of the molecule is O=C(CSc1nnc(-c2ccc(C(F)(F)F)cn2)o1)c1ccccc1. The number of hydrogen-bond donors (Lipinski definition) is 0. The van der Waals surface area contributed by atoms with Crippen molar-refractivity contribution in [3.63, 3.8) is 0 Å². The molecule has 0 spiro atoms. The molecular weight excluding hydrogens is 355 g/mol. The van der Waals surface area contributed by atoms with Gasteiger partial charge in [-0.2, -0.15) is 13.2 Å². The largest absolute Gasteiger partial charge is 0.417 e. The third-order valence-corrected chi connectivity index (χ3v) is 3.96. The van der Waals surface area contributed by atoms with E-state index in [1.807, 2.05) is 6.07 Å². The molecule has 3 rings (SSSR count). The van der Waals surface area contributed by atoms with Crippen molar-refractivity contribution in [3.05, 3.63) is 59.8 Å². The van der Waals surface area contributed by atoms with Crippen molar-refractivity contribution in [2.24, 2.45) is 0 Å². The molecule has 2 heterocycles. The van der Waals surface area contributed by atoms with E-state index in [1.54, 1.807) is 24.3 Å². The predicted molar refractivity (Wildman–Crippen MR) is 84.0 cm³/mol. The van der Waals surface area contributed by atoms with Gasteiger partial charge < -0.3 is 4.42 Å². The summed E-state index contributed by atoms with van der Waals surface area (Å²) in [7, 11) is 0. The van der Waals surface area contributed by atoms with Gasteiger partial charge in [0.05, 0.1) is 11.3 Å². The van der Waals surface area contributed by atoms with Gasteiger partial charge in [0, 0.05) is 11.8 Å². The van der Waals surface area contributed by atoms with E-state index in [1.165, 1.54) is 0 Å². The Morgan fingerprint density at radius 2 is 1.84 bits per heavy atom. The highest BCUT2D eigenvalue weighted by molar-refractivity contribution is 7.99. The summed E-state index contributed by atoms with van der Waals surface area (Å²) >= 11 is 1.05. The molecular formula is C16H10F3N3O2S. The molecule has 0 unspecified atom stereocenters. The van der Waals surface area contributed by atoms with E-state index >= 15 is 0 Å². The maximum absolute atomic E-state index is 12.5. The molecule has 0 aliphatic carbocycles. The number of thioether (sulfide) groups is 1. The van der Waals surface area contributed by atoms with Crippen molar-refractivity contribution in [2.45, 2.75) is 11.4 Å². The molecule has 25 heavy (non-hydrogen) atoms. The van der Waals surface area contributed by atoms with Crippen LogP contribution in [-0.2, 0) is 6.18 Å². The molecule has 0 saturated carbocycles. The normalized spacial score (nSPS) is 11.5. The van der Waals surface area contributed by atoms with Crippen molar-refractivity contribution in [2.75, 3.05) is 5.75 Å². The van der Waals surface area contributed by atoms with Crippen LogP contribution in [0.1, 0.15) is 15.9 Å². The molecule has 9 heteroatoms. The predicted octanol–water partition coefficient (Wildman–Crippen LogP) is 4.13. The molecule has 0 bridgehead atoms. The third kappa shape index (κ3) is 4.24. The fraction of sp³-hybridized carbons (Fsp3) is 0.125. The van der Waals surface area contributed by atoms with E-state index in [9.17, 15) is 18.0 Å². The highest BCUT2D eigenvalue weighted by atomic mass is 32.2. The van der Waals surface area contributed by atoms with Crippen LogP contribution < -0.4 is 0 Å². The molecule has 0 radical (unpaired) electrons. The summed E-state index contributed by atoms with van der Waals surface area (Å²) in [4.78, 5) is 15.7. The van der Waals surface area contributed by atoms with Crippen molar-refractivity contribution in [1.82, 2.24) is 15.2 Å². The number of alkyl halides is 3. The molecule has 5 nitrogen and oxygen atoms in total. The first-order chi connectivity index (χ1) is 11.9. The van der Waals surface area contributed by atoms with Crippen molar-refractivity contribution in [1.29, 1.82) is 0 Å². The quantitative estimate of drug-likeness (QED) is 0.500. The summed E-state index contributed by atoms with van der Waals surface area (Å²) in [5.74, 6) is -0.00656. The van der Waals surface area contributed by atoms with E-state index in [0.717, 1.165) is 23.9 Å². The number of hydrogen-bond acceptors (Lipinski definition) is 6. The second-order valence-corrected chi connectivity index (χ2v) is 5.81. The Hall–Kier alpha value is -2.68. The lowest BCUT2D eigenvalue weighted by Gasteiger charge is -2.05. The van der Waals surface area contributed by atoms with Gasteiger partial charge in [0.15, 0.2) is 5.78 Å². The first-order valence-electron chi connectivity index (χ1n) is 7.01. The van der Waals surface area contributed by atoms with Gasteiger partial charge in [0.2, 0.25) is 0 Å². The lowest BCUT2D eigenvalue weighted by Crippen LogP contribution is -2.05. The first-order valence-corrected chi connectivity index (χ1v) is 8.00. The minimum atomic E-state index is -4.46. The van der Waals surface area contributed by atoms with Crippen LogP contribution in [0.3, 0.4) is 0 Å². The van der Waals surface area contributed by atoms with Gasteiger partial charge in [-0.25, -0.2) is 0 Å². The maximum atomic E-state index is 12.5. The molecule has 0 saturated heterocycles. The zero-order valence-electron chi connectivity index (χ0n) is 12.5. The summed E-state index contributed by atoms with van der Waals surface area (Å²) in [6, 6.07) is 10.8. The second-order valence-electron chi connectivity index (χ2n) is 4.88. The number of ketones is 1. The highest BCUT2D eigenvalue weighted by Gasteiger charge is 2.30. The molecule has 0 atom stereocenters. The lowest BCUT2D eigenvalue weighted by atomic mass is 10.2. The zero-order chi connectivity index (χ0) is 17.9. The Bertz CT molecular complexity index is 864. The van der Waals surface area contributed by atoms with Gasteiger partial charge >= 0.3 is 6.18 Å². The Morgan fingerprint density at radius 3 is 2.48 bits per heavy atom. The van der Waals surface area contributed by atoms with Gasteiger partial charge in [-0.1, -0.05) is 42.1 Å². The van der Waals surface area contributed by atoms with E-state index in [-0.39, 0.29) is 28.3 Å². The lowest BCUT2D eigenvalue weighted by molar-refractivity contribution is -0.137. The standard InChI is InChI=1S/C16H10F3N3O2S/c17-16(18,19)11-6-7-12(20-8-11)14-21-22-15(24-14)25-9-13(23)10-4-2-1-3-5-10/h1-8H,9H2. The van der Waals surface area contributed by atoms with Crippen molar-refractivity contribution >= 4 is 17.5 Å². The van der Waals surface area contributed by atoms with E-state index in [2.05, 4.69) is 15.2 Å². The molecule has 0 fully saturated rings. The van der Waals surface area contributed by atoms with Gasteiger partial charge in [0.1, 0.15) is 5.69 Å². The summed E-state index contributed by atoms with van der Waals surface area (Å²) < 4.78 is 42.9. The van der Waals surface area contributed by atoms with Crippen LogP contribution in [0.15, 0.2) is 58.3 Å². The number of pyridine rings is 1. The van der Waals surface area contributed by atoms with Crippen LogP contribution in [0.4, 0.5) is 13.2 Å². The van der Waals surface area contributed by atoms with Crippen LogP contribution in [-0.4, -0.2) is 26.7 Å². The fourth-order valence-corrected chi connectivity index (χ4v) is 2.55. The number of carbonyl (C=O) groups excluding carboxylic acids is 1. The highest BCUT2D eigenvalue weighted by Crippen LogP contribution is 2.30. The Morgan fingerprint density at radius 1 is 1.08 bits per heavy atom. The topological polar surface area (TPSA) is 68.9 Å². The number of halogens is 3. The average Bonchev–Trinajstić information content (AvgIpc) is 3.09. The van der Waals surface area contributed by atoms with Crippen LogP contribution in [0.2, 0.25) is 0 Å². The summed E-state index contributed by atoms with van der Waals surface area (Å²) in [6.07, 6.45) is -3.76. The zero-order valence-corrected chi connectivity index (χ0v) is 13.3. The molecule has 1 aromatic carbocycles. The van der Waals surface area contributed by atoms with E-state index in [4.69, 9.17) is 4.42 Å². The molecule has 0 aliphatic heterocycles. The molecule has 0 N–H and O–H groups in total. The van der Waals surface area contributed by atoms with Gasteiger partial charge in [-0.05, 0) is 12.1 Å². The maximum Gasteiger partial charge on any atom is 0.417 e. The number of rotatable bonds is 5. The van der Waals surface area contributed by atoms with Crippen molar-refractivity contribution in [3.8, 4) is 11.6 Å². The smallest absolute Gasteiger partial charge is 0.410 e. The van der Waals surface area contributed by atoms with Crippen LogP contribution in [0.25, 0.3) is 11.6 Å². The summed E-state index contributed by atoms with van der Waals surface area (Å²) in [5.41, 5.74) is -0.167. The number of Topliss-reactive ketones (excluding diaryl/α,β-unsaturated/α-hetero) is 1. The monoisotopic (exact) mass is 365 g/mol. The molecule has 128 valence electrons. The molecule has 0 aliphatic rings.